The zero-order valence-electron chi connectivity index (χ0n) is 12.9. The van der Waals surface area contributed by atoms with Gasteiger partial charge in [0.1, 0.15) is 5.82 Å². The van der Waals surface area contributed by atoms with Crippen molar-refractivity contribution in [3.63, 3.8) is 0 Å². The third kappa shape index (κ3) is 3.67. The Balaban J connectivity index is 1.45. The van der Waals surface area contributed by atoms with E-state index in [1.807, 2.05) is 0 Å². The smallest absolute Gasteiger partial charge is 0.220 e. The lowest BCUT2D eigenvalue weighted by atomic mass is 9.82. The lowest BCUT2D eigenvalue weighted by molar-refractivity contribution is -0.121. The van der Waals surface area contributed by atoms with Gasteiger partial charge in [-0.3, -0.25) is 4.79 Å². The number of hydrogen-bond acceptors (Lipinski definition) is 2. The second kappa shape index (κ2) is 6.78. The van der Waals surface area contributed by atoms with Gasteiger partial charge >= 0.3 is 0 Å². The molecule has 22 heavy (non-hydrogen) atoms. The fourth-order valence-corrected chi connectivity index (χ4v) is 3.73. The summed E-state index contributed by atoms with van der Waals surface area (Å²) in [5.41, 5.74) is 0.617. The average Bonchev–Trinajstić information content (AvgIpc) is 2.89. The highest BCUT2D eigenvalue weighted by Gasteiger charge is 2.41. The number of hydrogen-bond donors (Lipinski definition) is 1. The van der Waals surface area contributed by atoms with Gasteiger partial charge in [0.05, 0.1) is 18.2 Å². The molecule has 1 heterocycles. The van der Waals surface area contributed by atoms with E-state index in [9.17, 15) is 9.18 Å². The van der Waals surface area contributed by atoms with Gasteiger partial charge in [0.2, 0.25) is 5.91 Å². The Bertz CT molecular complexity index is 526. The van der Waals surface area contributed by atoms with Gasteiger partial charge in [0.15, 0.2) is 0 Å². The normalized spacial score (nSPS) is 23.6. The number of nitrogens with one attached hydrogen (secondary N) is 1. The van der Waals surface area contributed by atoms with E-state index in [0.717, 1.165) is 19.3 Å². The molecule has 0 unspecified atom stereocenters. The van der Waals surface area contributed by atoms with E-state index in [0.29, 0.717) is 25.0 Å². The first-order valence-corrected chi connectivity index (χ1v) is 8.34. The molecule has 1 aromatic rings. The molecule has 1 saturated heterocycles. The first-order chi connectivity index (χ1) is 10.7. The zero-order valence-corrected chi connectivity index (χ0v) is 12.9. The minimum atomic E-state index is -0.236. The summed E-state index contributed by atoms with van der Waals surface area (Å²) in [5, 5.41) is 3.05. The summed E-state index contributed by atoms with van der Waals surface area (Å²) in [5.74, 6) is -0.245. The molecular formula is C18H24FNO2. The van der Waals surface area contributed by atoms with Gasteiger partial charge in [0.25, 0.3) is 0 Å². The quantitative estimate of drug-likeness (QED) is 0.926. The van der Waals surface area contributed by atoms with Gasteiger partial charge in [-0.15, -0.1) is 0 Å². The van der Waals surface area contributed by atoms with Crippen LogP contribution in [0.2, 0.25) is 0 Å². The van der Waals surface area contributed by atoms with Crippen LogP contribution in [0.25, 0.3) is 0 Å². The molecule has 4 heteroatoms. The maximum atomic E-state index is 13.5. The molecule has 2 aliphatic rings. The number of amides is 1. The predicted molar refractivity (Wildman–Crippen MR) is 83.0 cm³/mol. The van der Waals surface area contributed by atoms with Crippen molar-refractivity contribution in [1.29, 1.82) is 0 Å². The standard InChI is InChI=1S/C18H24FNO2/c19-16-7-3-2-6-14(16)8-9-17(21)20-15-12-18(22-13-15)10-4-1-5-11-18/h2-3,6-7,15H,1,4-5,8-13H2,(H,20,21)/t15-/m0/s1. The van der Waals surface area contributed by atoms with Gasteiger partial charge < -0.3 is 10.1 Å². The molecule has 1 aromatic carbocycles. The van der Waals surface area contributed by atoms with E-state index < -0.39 is 0 Å². The fraction of sp³-hybridized carbons (Fsp3) is 0.611. The van der Waals surface area contributed by atoms with Crippen LogP contribution in [-0.2, 0) is 16.0 Å². The summed E-state index contributed by atoms with van der Waals surface area (Å²) in [6.45, 7) is 0.617. The number of ether oxygens (including phenoxy) is 1. The summed E-state index contributed by atoms with van der Waals surface area (Å²) in [4.78, 5) is 12.1. The summed E-state index contributed by atoms with van der Waals surface area (Å²) < 4.78 is 19.5. The Labute approximate surface area is 131 Å². The number of carbonyl (C=O) groups is 1. The Morgan fingerprint density at radius 2 is 2.05 bits per heavy atom. The molecule has 1 N–H and O–H groups in total. The fourth-order valence-electron chi connectivity index (χ4n) is 3.73. The van der Waals surface area contributed by atoms with E-state index in [1.165, 1.54) is 25.3 Å². The van der Waals surface area contributed by atoms with Crippen molar-refractivity contribution in [2.24, 2.45) is 0 Å². The Hall–Kier alpha value is -1.42. The molecule has 1 spiro atoms. The summed E-state index contributed by atoms with van der Waals surface area (Å²) >= 11 is 0. The Morgan fingerprint density at radius 1 is 1.27 bits per heavy atom. The van der Waals surface area contributed by atoms with Gasteiger partial charge in [0, 0.05) is 6.42 Å². The third-order valence-electron chi connectivity index (χ3n) is 4.92. The average molecular weight is 305 g/mol. The summed E-state index contributed by atoms with van der Waals surface area (Å²) in [7, 11) is 0. The molecular weight excluding hydrogens is 281 g/mol. The van der Waals surface area contributed by atoms with Gasteiger partial charge in [-0.25, -0.2) is 4.39 Å². The number of halogens is 1. The van der Waals surface area contributed by atoms with Gasteiger partial charge in [-0.1, -0.05) is 37.5 Å². The highest BCUT2D eigenvalue weighted by Crippen LogP contribution is 2.39. The zero-order chi connectivity index (χ0) is 15.4. The number of benzene rings is 1. The molecule has 0 radical (unpaired) electrons. The third-order valence-corrected chi connectivity index (χ3v) is 4.92. The van der Waals surface area contributed by atoms with E-state index in [4.69, 9.17) is 4.74 Å². The van der Waals surface area contributed by atoms with Crippen molar-refractivity contribution in [3.8, 4) is 0 Å². The molecule has 1 aliphatic carbocycles. The van der Waals surface area contributed by atoms with Crippen LogP contribution in [-0.4, -0.2) is 24.2 Å². The monoisotopic (exact) mass is 305 g/mol. The van der Waals surface area contributed by atoms with Crippen LogP contribution in [0.5, 0.6) is 0 Å². The van der Waals surface area contributed by atoms with Crippen molar-refractivity contribution in [3.05, 3.63) is 35.6 Å². The van der Waals surface area contributed by atoms with E-state index >= 15 is 0 Å². The highest BCUT2D eigenvalue weighted by molar-refractivity contribution is 5.76. The second-order valence-electron chi connectivity index (χ2n) is 6.61. The van der Waals surface area contributed by atoms with Crippen molar-refractivity contribution in [1.82, 2.24) is 5.32 Å². The lowest BCUT2D eigenvalue weighted by Gasteiger charge is -2.32. The van der Waals surface area contributed by atoms with E-state index in [-0.39, 0.29) is 23.4 Å². The van der Waals surface area contributed by atoms with Crippen molar-refractivity contribution in [2.75, 3.05) is 6.61 Å². The number of rotatable bonds is 4. The molecule has 1 aliphatic heterocycles. The molecule has 1 atom stereocenters. The molecule has 0 aromatic heterocycles. The topological polar surface area (TPSA) is 38.3 Å². The van der Waals surface area contributed by atoms with Crippen LogP contribution < -0.4 is 5.32 Å². The van der Waals surface area contributed by atoms with Gasteiger partial charge in [-0.2, -0.15) is 0 Å². The molecule has 2 fully saturated rings. The van der Waals surface area contributed by atoms with E-state index in [1.54, 1.807) is 18.2 Å². The van der Waals surface area contributed by atoms with E-state index in [2.05, 4.69) is 5.32 Å². The molecule has 1 saturated carbocycles. The van der Waals surface area contributed by atoms with Crippen LogP contribution in [0, 0.1) is 5.82 Å². The molecule has 120 valence electrons. The first-order valence-electron chi connectivity index (χ1n) is 8.34. The van der Waals surface area contributed by atoms with Crippen molar-refractivity contribution >= 4 is 5.91 Å². The summed E-state index contributed by atoms with van der Waals surface area (Å²) in [6.07, 6.45) is 7.69. The molecule has 1 amide bonds. The molecule has 3 nitrogen and oxygen atoms in total. The van der Waals surface area contributed by atoms with Crippen LogP contribution in [0.4, 0.5) is 4.39 Å². The lowest BCUT2D eigenvalue weighted by Crippen LogP contribution is -2.37. The highest BCUT2D eigenvalue weighted by atomic mass is 19.1. The number of carbonyl (C=O) groups excluding carboxylic acids is 1. The van der Waals surface area contributed by atoms with Crippen LogP contribution >= 0.6 is 0 Å². The SMILES string of the molecule is O=C(CCc1ccccc1F)N[C@@H]1COC2(CCCCC2)C1. The number of aryl methyl sites for hydroxylation is 1. The Kier molecular flexibility index (Phi) is 4.77. The predicted octanol–water partition coefficient (Wildman–Crippen LogP) is 3.37. The van der Waals surface area contributed by atoms with Crippen LogP contribution in [0.15, 0.2) is 24.3 Å². The van der Waals surface area contributed by atoms with Crippen molar-refractivity contribution in [2.45, 2.75) is 63.0 Å². The largest absolute Gasteiger partial charge is 0.373 e. The van der Waals surface area contributed by atoms with Crippen molar-refractivity contribution < 1.29 is 13.9 Å². The van der Waals surface area contributed by atoms with Gasteiger partial charge in [-0.05, 0) is 37.3 Å². The molecule has 3 rings (SSSR count). The Morgan fingerprint density at radius 3 is 2.82 bits per heavy atom. The molecule has 0 bridgehead atoms. The minimum Gasteiger partial charge on any atom is -0.373 e. The minimum absolute atomic E-state index is 0.00953. The first kappa shape index (κ1) is 15.5. The maximum Gasteiger partial charge on any atom is 0.220 e. The second-order valence-corrected chi connectivity index (χ2v) is 6.61. The van der Waals surface area contributed by atoms with Crippen LogP contribution in [0.3, 0.4) is 0 Å². The summed E-state index contributed by atoms with van der Waals surface area (Å²) in [6, 6.07) is 6.75. The van der Waals surface area contributed by atoms with Crippen LogP contribution in [0.1, 0.15) is 50.5 Å². The maximum absolute atomic E-state index is 13.5.